The van der Waals surface area contributed by atoms with E-state index in [0.29, 0.717) is 0 Å². The van der Waals surface area contributed by atoms with Gasteiger partial charge in [0.15, 0.2) is 5.82 Å². The molecule has 30 heavy (non-hydrogen) atoms. The molecule has 0 saturated heterocycles. The van der Waals surface area contributed by atoms with Gasteiger partial charge < -0.3 is 5.32 Å². The maximum atomic E-state index is 3.99. The SMILES string of the molecule is CCCCCCCCCCCCCCCCNc1ccc(CCc2nn[nH]n2)cc1. The quantitative estimate of drug-likeness (QED) is 0.246. The van der Waals surface area contributed by atoms with Crippen molar-refractivity contribution in [3.05, 3.63) is 35.7 Å². The number of unbranched alkanes of at least 4 members (excludes halogenated alkanes) is 13. The zero-order valence-corrected chi connectivity index (χ0v) is 19.2. The Labute approximate surface area is 183 Å². The summed E-state index contributed by atoms with van der Waals surface area (Å²) < 4.78 is 0. The van der Waals surface area contributed by atoms with Crippen molar-refractivity contribution in [2.24, 2.45) is 0 Å². The molecule has 0 spiro atoms. The van der Waals surface area contributed by atoms with E-state index in [-0.39, 0.29) is 0 Å². The Balaban J connectivity index is 1.36. The van der Waals surface area contributed by atoms with Crippen molar-refractivity contribution in [3.63, 3.8) is 0 Å². The van der Waals surface area contributed by atoms with Gasteiger partial charge in [0.2, 0.25) is 0 Å². The highest BCUT2D eigenvalue weighted by Gasteiger charge is 2.00. The molecule has 2 N–H and O–H groups in total. The summed E-state index contributed by atoms with van der Waals surface area (Å²) in [6, 6.07) is 8.73. The fraction of sp³-hybridized carbons (Fsp3) is 0.720. The van der Waals surface area contributed by atoms with Crippen molar-refractivity contribution in [2.45, 2.75) is 110 Å². The first kappa shape index (κ1) is 24.4. The van der Waals surface area contributed by atoms with Crippen LogP contribution in [0.25, 0.3) is 0 Å². The fourth-order valence-electron chi connectivity index (χ4n) is 3.89. The molecule has 2 aromatic rings. The lowest BCUT2D eigenvalue weighted by Gasteiger charge is -2.07. The third kappa shape index (κ3) is 11.9. The zero-order chi connectivity index (χ0) is 21.1. The lowest BCUT2D eigenvalue weighted by molar-refractivity contribution is 0.537. The van der Waals surface area contributed by atoms with E-state index in [2.05, 4.69) is 57.1 Å². The van der Waals surface area contributed by atoms with E-state index in [0.717, 1.165) is 25.2 Å². The monoisotopic (exact) mass is 413 g/mol. The van der Waals surface area contributed by atoms with Crippen LogP contribution in [0, 0.1) is 0 Å². The van der Waals surface area contributed by atoms with E-state index in [9.17, 15) is 0 Å². The lowest BCUT2D eigenvalue weighted by atomic mass is 10.0. The Morgan fingerprint density at radius 2 is 1.27 bits per heavy atom. The summed E-state index contributed by atoms with van der Waals surface area (Å²) in [5.74, 6) is 0.773. The molecular formula is C25H43N5. The number of nitrogens with one attached hydrogen (secondary N) is 2. The number of tetrazole rings is 1. The van der Waals surface area contributed by atoms with Gasteiger partial charge in [-0.1, -0.05) is 108 Å². The van der Waals surface area contributed by atoms with Gasteiger partial charge >= 0.3 is 0 Å². The minimum Gasteiger partial charge on any atom is -0.385 e. The van der Waals surface area contributed by atoms with Gasteiger partial charge in [-0.15, -0.1) is 10.2 Å². The third-order valence-corrected chi connectivity index (χ3v) is 5.84. The van der Waals surface area contributed by atoms with E-state index in [1.807, 2.05) is 0 Å². The summed E-state index contributed by atoms with van der Waals surface area (Å²) >= 11 is 0. The Morgan fingerprint density at radius 3 is 1.80 bits per heavy atom. The van der Waals surface area contributed by atoms with Gasteiger partial charge in [0.05, 0.1) is 0 Å². The molecule has 0 aliphatic carbocycles. The molecule has 5 nitrogen and oxygen atoms in total. The summed E-state index contributed by atoms with van der Waals surface area (Å²) in [6.45, 7) is 3.36. The number of anilines is 1. The molecule has 0 aliphatic heterocycles. The van der Waals surface area contributed by atoms with Gasteiger partial charge in [-0.25, -0.2) is 0 Å². The highest BCUT2D eigenvalue weighted by atomic mass is 15.5. The first-order valence-electron chi connectivity index (χ1n) is 12.4. The van der Waals surface area contributed by atoms with Crippen LogP contribution in [0.4, 0.5) is 5.69 Å². The molecule has 0 amide bonds. The summed E-state index contributed by atoms with van der Waals surface area (Å²) in [4.78, 5) is 0. The Kier molecular flexibility index (Phi) is 13.7. The van der Waals surface area contributed by atoms with Gasteiger partial charge in [-0.05, 0) is 30.5 Å². The molecule has 2 rings (SSSR count). The van der Waals surface area contributed by atoms with Crippen LogP contribution in [0.2, 0.25) is 0 Å². The molecule has 0 radical (unpaired) electrons. The Hall–Kier alpha value is -1.91. The molecule has 5 heteroatoms. The second kappa shape index (κ2) is 16.8. The highest BCUT2D eigenvalue weighted by molar-refractivity contribution is 5.44. The van der Waals surface area contributed by atoms with Crippen LogP contribution in [-0.4, -0.2) is 27.2 Å². The standard InChI is InChI=1S/C25H43N5/c1-2-3-4-5-6-7-8-9-10-11-12-13-14-15-22-26-24-19-16-23(17-20-24)18-21-25-27-29-30-28-25/h16-17,19-20,26H,2-15,18,21-22H2,1H3,(H,27,28,29,30). The molecule has 168 valence electrons. The van der Waals surface area contributed by atoms with E-state index in [4.69, 9.17) is 0 Å². The van der Waals surface area contributed by atoms with Gasteiger partial charge in [-0.2, -0.15) is 5.21 Å². The van der Waals surface area contributed by atoms with E-state index < -0.39 is 0 Å². The van der Waals surface area contributed by atoms with Crippen LogP contribution in [0.3, 0.4) is 0 Å². The number of aromatic amines is 1. The van der Waals surface area contributed by atoms with E-state index >= 15 is 0 Å². The number of hydrogen-bond acceptors (Lipinski definition) is 4. The molecule has 0 aliphatic rings. The van der Waals surface area contributed by atoms with Crippen molar-refractivity contribution in [1.29, 1.82) is 0 Å². The zero-order valence-electron chi connectivity index (χ0n) is 19.2. The number of benzene rings is 1. The third-order valence-electron chi connectivity index (χ3n) is 5.84. The molecule has 0 bridgehead atoms. The smallest absolute Gasteiger partial charge is 0.174 e. The van der Waals surface area contributed by atoms with Gasteiger partial charge in [-0.3, -0.25) is 0 Å². The maximum Gasteiger partial charge on any atom is 0.174 e. The minimum absolute atomic E-state index is 0.773. The number of H-pyrrole nitrogens is 1. The summed E-state index contributed by atoms with van der Waals surface area (Å²) in [5.41, 5.74) is 2.52. The maximum absolute atomic E-state index is 3.99. The minimum atomic E-state index is 0.773. The molecule has 1 heterocycles. The number of rotatable bonds is 19. The number of aromatic nitrogens is 4. The van der Waals surface area contributed by atoms with Gasteiger partial charge in [0, 0.05) is 18.7 Å². The van der Waals surface area contributed by atoms with Crippen LogP contribution in [0.15, 0.2) is 24.3 Å². The topological polar surface area (TPSA) is 66.5 Å². The van der Waals surface area contributed by atoms with Crippen molar-refractivity contribution in [3.8, 4) is 0 Å². The highest BCUT2D eigenvalue weighted by Crippen LogP contribution is 2.14. The lowest BCUT2D eigenvalue weighted by Crippen LogP contribution is -2.01. The summed E-state index contributed by atoms with van der Waals surface area (Å²) in [7, 11) is 0. The van der Waals surface area contributed by atoms with Gasteiger partial charge in [0.1, 0.15) is 0 Å². The van der Waals surface area contributed by atoms with E-state index in [1.54, 1.807) is 0 Å². The van der Waals surface area contributed by atoms with Crippen molar-refractivity contribution < 1.29 is 0 Å². The van der Waals surface area contributed by atoms with Crippen LogP contribution in [0.5, 0.6) is 0 Å². The second-order valence-electron chi connectivity index (χ2n) is 8.55. The van der Waals surface area contributed by atoms with Crippen LogP contribution in [-0.2, 0) is 12.8 Å². The van der Waals surface area contributed by atoms with Crippen molar-refractivity contribution >= 4 is 5.69 Å². The molecule has 1 aromatic carbocycles. The largest absolute Gasteiger partial charge is 0.385 e. The normalized spacial score (nSPS) is 11.1. The number of hydrogen-bond donors (Lipinski definition) is 2. The van der Waals surface area contributed by atoms with Crippen molar-refractivity contribution in [1.82, 2.24) is 20.6 Å². The van der Waals surface area contributed by atoms with Crippen LogP contribution >= 0.6 is 0 Å². The molecule has 0 saturated carbocycles. The molecule has 0 fully saturated rings. The second-order valence-corrected chi connectivity index (χ2v) is 8.55. The molecule has 0 atom stereocenters. The Bertz CT molecular complexity index is 609. The molecule has 0 unspecified atom stereocenters. The summed E-state index contributed by atoms with van der Waals surface area (Å²) in [6.07, 6.45) is 21.5. The fourth-order valence-corrected chi connectivity index (χ4v) is 3.89. The van der Waals surface area contributed by atoms with E-state index in [1.165, 1.54) is 101 Å². The predicted molar refractivity (Wildman–Crippen MR) is 127 cm³/mol. The number of nitrogens with zero attached hydrogens (tertiary/aromatic N) is 3. The average molecular weight is 414 g/mol. The average Bonchev–Trinajstić information content (AvgIpc) is 3.29. The Morgan fingerprint density at radius 1 is 0.700 bits per heavy atom. The summed E-state index contributed by atoms with van der Waals surface area (Å²) in [5, 5.41) is 17.6. The molecule has 1 aromatic heterocycles. The first-order valence-corrected chi connectivity index (χ1v) is 12.4. The number of aryl methyl sites for hydroxylation is 2. The van der Waals surface area contributed by atoms with Gasteiger partial charge in [0.25, 0.3) is 0 Å². The van der Waals surface area contributed by atoms with Crippen molar-refractivity contribution in [2.75, 3.05) is 11.9 Å². The molecular weight excluding hydrogens is 370 g/mol. The first-order chi connectivity index (χ1) is 14.9. The van der Waals surface area contributed by atoms with Crippen LogP contribution in [0.1, 0.15) is 108 Å². The predicted octanol–water partition coefficient (Wildman–Crippen LogP) is 6.88. The van der Waals surface area contributed by atoms with Crippen LogP contribution < -0.4 is 5.32 Å².